The summed E-state index contributed by atoms with van der Waals surface area (Å²) in [6.07, 6.45) is 7.17. The third-order valence-corrected chi connectivity index (χ3v) is 5.45. The average molecular weight is 242 g/mol. The first-order valence-corrected chi connectivity index (χ1v) is 8.44. The van der Waals surface area contributed by atoms with Gasteiger partial charge >= 0.3 is 0 Å². The Hall–Kier alpha value is -0.110. The summed E-state index contributed by atoms with van der Waals surface area (Å²) in [7, 11) is 2.78. The lowest BCUT2D eigenvalue weighted by Crippen LogP contribution is -2.36. The molecule has 2 unspecified atom stereocenters. The second kappa shape index (κ2) is 5.48. The fraction of sp³-hybridized carbons (Fsp3) is 0.857. The maximum Gasteiger partial charge on any atom is 0.137 e. The van der Waals surface area contributed by atoms with E-state index in [1.54, 1.807) is 5.70 Å². The summed E-state index contributed by atoms with van der Waals surface area (Å²) in [6, 6.07) is 0. The molecule has 0 aromatic rings. The third kappa shape index (κ3) is 3.44. The third-order valence-electron chi connectivity index (χ3n) is 3.54. The van der Waals surface area contributed by atoms with E-state index >= 15 is 0 Å². The molecule has 0 radical (unpaired) electrons. The molecule has 0 aromatic carbocycles. The van der Waals surface area contributed by atoms with Gasteiger partial charge in [-0.3, -0.25) is 0 Å². The van der Waals surface area contributed by atoms with E-state index < -0.39 is 0 Å². The van der Waals surface area contributed by atoms with Crippen LogP contribution in [0.3, 0.4) is 0 Å². The highest BCUT2D eigenvalue weighted by Gasteiger charge is 2.34. The van der Waals surface area contributed by atoms with Gasteiger partial charge < -0.3 is 4.90 Å². The Morgan fingerprint density at radius 2 is 1.81 bits per heavy atom. The number of nitrogens with zero attached hydrogens (tertiary/aromatic N) is 1. The van der Waals surface area contributed by atoms with Gasteiger partial charge in [-0.15, -0.1) is 0 Å². The van der Waals surface area contributed by atoms with Crippen molar-refractivity contribution in [2.45, 2.75) is 32.9 Å². The zero-order chi connectivity index (χ0) is 12.5. The Bertz CT molecular complexity index is 247. The van der Waals surface area contributed by atoms with Crippen molar-refractivity contribution in [1.82, 2.24) is 4.90 Å². The van der Waals surface area contributed by atoms with Crippen molar-refractivity contribution in [3.05, 3.63) is 11.8 Å². The van der Waals surface area contributed by atoms with Crippen LogP contribution in [0.25, 0.3) is 0 Å². The first-order chi connectivity index (χ1) is 7.34. The molecule has 0 N–H and O–H groups in total. The summed E-state index contributed by atoms with van der Waals surface area (Å²) in [5, 5.41) is 0.833. The molecule has 16 heavy (non-hydrogen) atoms. The van der Waals surface area contributed by atoms with Gasteiger partial charge in [-0.1, -0.05) is 33.8 Å². The van der Waals surface area contributed by atoms with Gasteiger partial charge in [0, 0.05) is 24.6 Å². The van der Waals surface area contributed by atoms with Gasteiger partial charge in [0.1, 0.15) is 5.25 Å². The van der Waals surface area contributed by atoms with Crippen molar-refractivity contribution >= 4 is 10.9 Å². The molecular formula is C14H28NS+. The Morgan fingerprint density at radius 1 is 1.25 bits per heavy atom. The summed E-state index contributed by atoms with van der Waals surface area (Å²) in [5.74, 6) is 2.32. The minimum Gasteiger partial charge on any atom is -0.373 e. The zero-order valence-corrected chi connectivity index (χ0v) is 12.8. The number of allylic oxidation sites excluding steroid dienone is 2. The first-order valence-electron chi connectivity index (χ1n) is 6.33. The van der Waals surface area contributed by atoms with E-state index in [0.29, 0.717) is 10.9 Å². The molecular weight excluding hydrogens is 214 g/mol. The van der Waals surface area contributed by atoms with Crippen molar-refractivity contribution in [2.75, 3.05) is 26.1 Å². The Kier molecular flexibility index (Phi) is 4.78. The van der Waals surface area contributed by atoms with Gasteiger partial charge in [-0.2, -0.15) is 0 Å². The smallest absolute Gasteiger partial charge is 0.137 e. The summed E-state index contributed by atoms with van der Waals surface area (Å²) in [4.78, 5) is 2.49. The second-order valence-electron chi connectivity index (χ2n) is 5.90. The van der Waals surface area contributed by atoms with Crippen molar-refractivity contribution < 1.29 is 0 Å². The topological polar surface area (TPSA) is 3.24 Å². The first kappa shape index (κ1) is 14.0. The standard InChI is InChI=1S/C14H28NS/c1-10(2)12-8-13(12)15(5)9-14(11(3)4)16(6)7/h8,10-12,14H,9H2,1-7H3/q+1. The second-order valence-corrected chi connectivity index (χ2v) is 8.27. The monoisotopic (exact) mass is 242 g/mol. The van der Waals surface area contributed by atoms with Crippen LogP contribution in [-0.4, -0.2) is 36.3 Å². The van der Waals surface area contributed by atoms with Crippen LogP contribution in [0.1, 0.15) is 27.7 Å². The molecule has 94 valence electrons. The highest BCUT2D eigenvalue weighted by atomic mass is 32.2. The van der Waals surface area contributed by atoms with Crippen molar-refractivity contribution in [1.29, 1.82) is 0 Å². The van der Waals surface area contributed by atoms with E-state index in [1.807, 2.05) is 0 Å². The molecule has 0 heterocycles. The molecule has 1 aliphatic rings. The number of hydrogen-bond acceptors (Lipinski definition) is 1. The van der Waals surface area contributed by atoms with Crippen LogP contribution in [0.5, 0.6) is 0 Å². The van der Waals surface area contributed by atoms with Gasteiger partial charge in [0.25, 0.3) is 0 Å². The van der Waals surface area contributed by atoms with E-state index in [-0.39, 0.29) is 0 Å². The molecule has 2 atom stereocenters. The van der Waals surface area contributed by atoms with E-state index in [9.17, 15) is 0 Å². The van der Waals surface area contributed by atoms with Crippen molar-refractivity contribution in [2.24, 2.45) is 17.8 Å². The Morgan fingerprint density at radius 3 is 2.12 bits per heavy atom. The Balaban J connectivity index is 2.45. The largest absolute Gasteiger partial charge is 0.373 e. The SMILES string of the molecule is CC(C)C1C=C1N(C)CC(C(C)C)[S+](C)C. The quantitative estimate of drug-likeness (QED) is 0.647. The summed E-state index contributed by atoms with van der Waals surface area (Å²) < 4.78 is 0. The van der Waals surface area contributed by atoms with Crippen molar-refractivity contribution in [3.8, 4) is 0 Å². The van der Waals surface area contributed by atoms with E-state index in [4.69, 9.17) is 0 Å². The molecule has 0 fully saturated rings. The van der Waals surface area contributed by atoms with Crippen LogP contribution in [-0.2, 0) is 10.9 Å². The zero-order valence-electron chi connectivity index (χ0n) is 11.9. The van der Waals surface area contributed by atoms with Crippen LogP contribution < -0.4 is 0 Å². The van der Waals surface area contributed by atoms with Crippen molar-refractivity contribution in [3.63, 3.8) is 0 Å². The molecule has 0 bridgehead atoms. The van der Waals surface area contributed by atoms with E-state index in [1.165, 1.54) is 6.54 Å². The van der Waals surface area contributed by atoms with Crippen LogP contribution in [0, 0.1) is 17.8 Å². The van der Waals surface area contributed by atoms with Gasteiger partial charge in [0.2, 0.25) is 0 Å². The van der Waals surface area contributed by atoms with Crippen LogP contribution in [0.4, 0.5) is 0 Å². The molecule has 0 amide bonds. The summed E-state index contributed by atoms with van der Waals surface area (Å²) in [6.45, 7) is 10.6. The van der Waals surface area contributed by atoms with Crippen LogP contribution in [0.2, 0.25) is 0 Å². The summed E-state index contributed by atoms with van der Waals surface area (Å²) in [5.41, 5.74) is 1.58. The lowest BCUT2D eigenvalue weighted by Gasteiger charge is -2.25. The maximum atomic E-state index is 2.49. The molecule has 2 heteroatoms. The van der Waals surface area contributed by atoms with Crippen LogP contribution in [0.15, 0.2) is 11.8 Å². The molecule has 0 saturated heterocycles. The highest BCUT2D eigenvalue weighted by molar-refractivity contribution is 7.96. The van der Waals surface area contributed by atoms with Gasteiger partial charge in [-0.25, -0.2) is 0 Å². The predicted molar refractivity (Wildman–Crippen MR) is 76.9 cm³/mol. The fourth-order valence-electron chi connectivity index (χ4n) is 2.33. The van der Waals surface area contributed by atoms with Crippen LogP contribution >= 0.6 is 0 Å². The maximum absolute atomic E-state index is 2.49. The lowest BCUT2D eigenvalue weighted by molar-refractivity contribution is 0.369. The van der Waals surface area contributed by atoms with E-state index in [0.717, 1.165) is 23.0 Å². The Labute approximate surface area is 105 Å². The molecule has 1 aliphatic carbocycles. The number of rotatable bonds is 6. The fourth-order valence-corrected chi connectivity index (χ4v) is 3.94. The predicted octanol–water partition coefficient (Wildman–Crippen LogP) is 2.99. The molecule has 0 aromatic heterocycles. The normalized spacial score (nSPS) is 21.6. The van der Waals surface area contributed by atoms with Gasteiger partial charge in [0.05, 0.1) is 19.1 Å². The molecule has 0 aliphatic heterocycles. The molecule has 1 rings (SSSR count). The molecule has 0 saturated carbocycles. The average Bonchev–Trinajstić information content (AvgIpc) is 2.91. The molecule has 0 spiro atoms. The highest BCUT2D eigenvalue weighted by Crippen LogP contribution is 2.37. The van der Waals surface area contributed by atoms with Gasteiger partial charge in [0.15, 0.2) is 0 Å². The summed E-state index contributed by atoms with van der Waals surface area (Å²) >= 11 is 0. The number of hydrogen-bond donors (Lipinski definition) is 0. The molecule has 1 nitrogen and oxygen atoms in total. The van der Waals surface area contributed by atoms with Gasteiger partial charge in [-0.05, 0) is 16.8 Å². The minimum atomic E-state index is 0.516. The van der Waals surface area contributed by atoms with E-state index in [2.05, 4.69) is 58.2 Å². The minimum absolute atomic E-state index is 0.516. The lowest BCUT2D eigenvalue weighted by atomic mass is 10.1.